The van der Waals surface area contributed by atoms with E-state index < -0.39 is 33.7 Å². The molecule has 1 atom stereocenters. The maximum atomic E-state index is 12.0. The molecule has 1 unspecified atom stereocenters. The molecule has 0 saturated carbocycles. The van der Waals surface area contributed by atoms with E-state index in [2.05, 4.69) is 13.8 Å². The molecule has 0 heterocycles. The summed E-state index contributed by atoms with van der Waals surface area (Å²) in [5.74, 6) is -1.93. The van der Waals surface area contributed by atoms with Gasteiger partial charge in [-0.2, -0.15) is 8.42 Å². The molecule has 0 aromatic heterocycles. The van der Waals surface area contributed by atoms with Crippen LogP contribution in [0.5, 0.6) is 0 Å². The van der Waals surface area contributed by atoms with Crippen molar-refractivity contribution in [2.24, 2.45) is 0 Å². The summed E-state index contributed by atoms with van der Waals surface area (Å²) in [6, 6.07) is 0. The van der Waals surface area contributed by atoms with Gasteiger partial charge in [0.15, 0.2) is 5.25 Å². The first-order valence-electron chi connectivity index (χ1n) is 10.6. The number of unbranched alkanes of at least 4 members (excludes halogenated alkanes) is 10. The summed E-state index contributed by atoms with van der Waals surface area (Å²) >= 11 is 0. The van der Waals surface area contributed by atoms with Crippen LogP contribution in [-0.4, -0.2) is 111 Å². The van der Waals surface area contributed by atoms with Gasteiger partial charge in [-0.25, -0.2) is 0 Å². The normalized spacial score (nSPS) is 11.7. The minimum atomic E-state index is -4.73. The van der Waals surface area contributed by atoms with E-state index in [1.54, 1.807) is 0 Å². The number of hydrogen-bond donors (Lipinski definition) is 1. The summed E-state index contributed by atoms with van der Waals surface area (Å²) in [5, 5.41) is -1.93. The minimum absolute atomic E-state index is 0. The Morgan fingerprint density at radius 2 is 1.17 bits per heavy atom. The van der Waals surface area contributed by atoms with Crippen molar-refractivity contribution in [1.82, 2.24) is 0 Å². The molecule has 172 valence electrons. The average molecular weight is 489 g/mol. The third kappa shape index (κ3) is 21.0. The van der Waals surface area contributed by atoms with Gasteiger partial charge in [-0.15, -0.1) is 0 Å². The summed E-state index contributed by atoms with van der Waals surface area (Å²) in [5.41, 5.74) is 0. The van der Waals surface area contributed by atoms with Gasteiger partial charge in [0.25, 0.3) is 10.1 Å². The van der Waals surface area contributed by atoms with E-state index >= 15 is 0 Å². The zero-order chi connectivity index (χ0) is 21.3. The number of carbonyl (C=O) groups excluding carboxylic acids is 2. The van der Waals surface area contributed by atoms with E-state index in [1.165, 1.54) is 6.42 Å². The summed E-state index contributed by atoms with van der Waals surface area (Å²) in [6.07, 6.45) is 11.3. The molecule has 0 saturated heterocycles. The Balaban J connectivity index is -0.00000364. The fraction of sp³-hybridized carbons (Fsp3) is 0.900. The van der Waals surface area contributed by atoms with E-state index in [0.29, 0.717) is 12.8 Å². The number of esters is 2. The van der Waals surface area contributed by atoms with Gasteiger partial charge < -0.3 is 9.47 Å². The number of hydrogen-bond acceptors (Lipinski definition) is 6. The Bertz CT molecular complexity index is 529. The number of carbonyl (C=O) groups is 2. The number of ether oxygens (including phenoxy) is 2. The van der Waals surface area contributed by atoms with Crippen molar-refractivity contribution in [1.29, 1.82) is 0 Å². The zero-order valence-corrected chi connectivity index (χ0v) is 18.3. The monoisotopic (exact) mass is 488 g/mol. The molecule has 7 nitrogen and oxygen atoms in total. The maximum absolute atomic E-state index is 12.0. The van der Waals surface area contributed by atoms with Gasteiger partial charge in [-0.05, 0) is 12.8 Å². The fourth-order valence-electron chi connectivity index (χ4n) is 2.74. The molecule has 0 radical (unpaired) electrons. The van der Waals surface area contributed by atoms with Crippen molar-refractivity contribution < 1.29 is 32.0 Å². The molecule has 0 aliphatic carbocycles. The molecule has 0 rings (SSSR count). The molecule has 0 aliphatic heterocycles. The van der Waals surface area contributed by atoms with Crippen LogP contribution in [0.15, 0.2) is 0 Å². The van der Waals surface area contributed by atoms with Crippen LogP contribution in [0.1, 0.15) is 97.3 Å². The van der Waals surface area contributed by atoms with Crippen molar-refractivity contribution in [2.45, 2.75) is 103 Å². The first-order chi connectivity index (χ1) is 13.3. The van der Waals surface area contributed by atoms with Crippen LogP contribution in [0.4, 0.5) is 0 Å². The van der Waals surface area contributed by atoms with Crippen LogP contribution in [0.2, 0.25) is 0 Å². The van der Waals surface area contributed by atoms with Gasteiger partial charge in [0.1, 0.15) is 0 Å². The third-order valence-corrected chi connectivity index (χ3v) is 5.56. The van der Waals surface area contributed by atoms with Crippen molar-refractivity contribution in [2.75, 3.05) is 13.2 Å². The standard InChI is InChI=1S/C20H38O7S.Ca.Na.3H/c1-3-5-7-9-11-13-15-26-19(21)17-18(28(23,24)25)20(22)27-16-14-12-10-8-6-4-2;;;;;/h18H,3-17H2,1-2H3,(H,23,24,25);;;;;. The third-order valence-electron chi connectivity index (χ3n) is 4.48. The Labute approximate surface area is 234 Å². The molecule has 30 heavy (non-hydrogen) atoms. The molecule has 0 aromatic carbocycles. The van der Waals surface area contributed by atoms with Crippen molar-refractivity contribution >= 4 is 89.4 Å². The van der Waals surface area contributed by atoms with Crippen LogP contribution < -0.4 is 0 Å². The molecule has 0 amide bonds. The second kappa shape index (κ2) is 23.3. The molecular formula is C20H41CaNaO7S. The van der Waals surface area contributed by atoms with Gasteiger partial charge in [-0.1, -0.05) is 78.1 Å². The molecule has 0 aliphatic rings. The second-order valence-corrected chi connectivity index (χ2v) is 8.73. The summed E-state index contributed by atoms with van der Waals surface area (Å²) in [4.78, 5) is 23.8. The quantitative estimate of drug-likeness (QED) is 0.137. The number of rotatable bonds is 18. The summed E-state index contributed by atoms with van der Waals surface area (Å²) in [6.45, 7) is 4.50. The second-order valence-electron chi connectivity index (χ2n) is 7.13. The van der Waals surface area contributed by atoms with Crippen molar-refractivity contribution in [3.63, 3.8) is 0 Å². The first-order valence-corrected chi connectivity index (χ1v) is 12.1. The Kier molecular flexibility index (Phi) is 27.7. The first kappa shape index (κ1) is 35.7. The van der Waals surface area contributed by atoms with E-state index in [9.17, 15) is 22.6 Å². The molecule has 0 spiro atoms. The molecule has 0 aromatic rings. The van der Waals surface area contributed by atoms with Crippen LogP contribution in [0.25, 0.3) is 0 Å². The molecule has 10 heteroatoms. The molecular weight excluding hydrogens is 447 g/mol. The summed E-state index contributed by atoms with van der Waals surface area (Å²) < 4.78 is 42.0. The van der Waals surface area contributed by atoms with E-state index in [-0.39, 0.29) is 80.5 Å². The van der Waals surface area contributed by atoms with Gasteiger partial charge >= 0.3 is 79.2 Å². The van der Waals surface area contributed by atoms with Gasteiger partial charge in [-0.3, -0.25) is 14.1 Å². The predicted octanol–water partition coefficient (Wildman–Crippen LogP) is 2.88. The van der Waals surface area contributed by atoms with Crippen LogP contribution in [-0.2, 0) is 29.2 Å². The van der Waals surface area contributed by atoms with Crippen molar-refractivity contribution in [3.8, 4) is 0 Å². The van der Waals surface area contributed by atoms with Gasteiger partial charge in [0.05, 0.1) is 19.6 Å². The Morgan fingerprint density at radius 1 is 0.767 bits per heavy atom. The van der Waals surface area contributed by atoms with E-state index in [0.717, 1.165) is 57.8 Å². The SMILES string of the molecule is CCCCCCCCOC(=O)CC(C(=O)OCCCCCCCC)S(=O)(=O)O.[CaH2].[NaH]. The molecule has 0 bridgehead atoms. The Hall–Kier alpha value is 1.11. The van der Waals surface area contributed by atoms with Gasteiger partial charge in [0, 0.05) is 0 Å². The van der Waals surface area contributed by atoms with E-state index in [1.807, 2.05) is 0 Å². The van der Waals surface area contributed by atoms with Crippen LogP contribution in [0, 0.1) is 0 Å². The Morgan fingerprint density at radius 3 is 1.60 bits per heavy atom. The van der Waals surface area contributed by atoms with Crippen LogP contribution in [0.3, 0.4) is 0 Å². The average Bonchev–Trinajstić information content (AvgIpc) is 2.63. The predicted molar refractivity (Wildman–Crippen MR) is 124 cm³/mol. The zero-order valence-electron chi connectivity index (χ0n) is 17.5. The molecule has 1 N–H and O–H groups in total. The van der Waals surface area contributed by atoms with Gasteiger partial charge in [0.2, 0.25) is 0 Å². The van der Waals surface area contributed by atoms with Crippen LogP contribution >= 0.6 is 0 Å². The molecule has 0 fully saturated rings. The topological polar surface area (TPSA) is 107 Å². The van der Waals surface area contributed by atoms with E-state index in [4.69, 9.17) is 9.47 Å². The summed E-state index contributed by atoms with van der Waals surface area (Å²) in [7, 11) is -4.73. The fourth-order valence-corrected chi connectivity index (χ4v) is 3.39. The van der Waals surface area contributed by atoms with Crippen molar-refractivity contribution in [3.05, 3.63) is 0 Å².